The fourth-order valence-electron chi connectivity index (χ4n) is 4.82. The Morgan fingerprint density at radius 1 is 1.34 bits per heavy atom. The number of carbonyl (C=O) groups is 2. The van der Waals surface area contributed by atoms with Crippen molar-refractivity contribution in [3.8, 4) is 0 Å². The van der Waals surface area contributed by atoms with E-state index in [9.17, 15) is 9.59 Å². The van der Waals surface area contributed by atoms with Crippen LogP contribution in [0.5, 0.6) is 0 Å². The van der Waals surface area contributed by atoms with E-state index in [1.54, 1.807) is 25.0 Å². The number of ether oxygens (including phenoxy) is 1. The molecule has 2 aliphatic rings. The Morgan fingerprint density at radius 3 is 2.91 bits per heavy atom. The lowest BCUT2D eigenvalue weighted by Gasteiger charge is -2.28. The summed E-state index contributed by atoms with van der Waals surface area (Å²) in [6.07, 6.45) is 4.44. The Balaban J connectivity index is 1.53. The van der Waals surface area contributed by atoms with E-state index in [1.807, 2.05) is 4.68 Å². The molecule has 0 aliphatic carbocycles. The van der Waals surface area contributed by atoms with Gasteiger partial charge in [0.25, 0.3) is 11.8 Å². The number of carbonyl (C=O) groups excluding carboxylic acids is 2. The lowest BCUT2D eigenvalue weighted by atomic mass is 10.0. The molecule has 2 aromatic rings. The summed E-state index contributed by atoms with van der Waals surface area (Å²) in [7, 11) is 1.65. The van der Waals surface area contributed by atoms with Crippen LogP contribution in [-0.2, 0) is 24.2 Å². The molecule has 2 amide bonds. The van der Waals surface area contributed by atoms with E-state index >= 15 is 0 Å². The standard InChI is InChI=1S/C23H33N5O4/c1-4-26-9-5-6-17(26)14-24-22(29)21-19-15-27(23(30)18-8-12-32-16(18)2)10-7-20(19)28(25-21)11-13-31-3/h8,12,17H,4-7,9-11,13-15H2,1-3H3,(H,24,29). The summed E-state index contributed by atoms with van der Waals surface area (Å²) >= 11 is 0. The highest BCUT2D eigenvalue weighted by Gasteiger charge is 2.32. The van der Waals surface area contributed by atoms with Gasteiger partial charge in [0.15, 0.2) is 5.69 Å². The number of hydrogen-bond acceptors (Lipinski definition) is 6. The Morgan fingerprint density at radius 2 is 2.19 bits per heavy atom. The van der Waals surface area contributed by atoms with E-state index < -0.39 is 0 Å². The van der Waals surface area contributed by atoms with E-state index in [2.05, 4.69) is 22.2 Å². The third-order valence-electron chi connectivity index (χ3n) is 6.64. The van der Waals surface area contributed by atoms with Gasteiger partial charge in [-0.3, -0.25) is 19.2 Å². The molecule has 0 saturated carbocycles. The van der Waals surface area contributed by atoms with Crippen molar-refractivity contribution in [3.05, 3.63) is 40.6 Å². The second-order valence-electron chi connectivity index (χ2n) is 8.49. The number of fused-ring (bicyclic) bond motifs is 1. The van der Waals surface area contributed by atoms with Gasteiger partial charge in [0.2, 0.25) is 0 Å². The number of rotatable bonds is 8. The predicted octanol–water partition coefficient (Wildman–Crippen LogP) is 1.84. The van der Waals surface area contributed by atoms with Crippen LogP contribution < -0.4 is 5.32 Å². The van der Waals surface area contributed by atoms with E-state index in [-0.39, 0.29) is 11.8 Å². The summed E-state index contributed by atoms with van der Waals surface area (Å²) in [5.74, 6) is 0.350. The maximum atomic E-state index is 13.2. The number of methoxy groups -OCH3 is 1. The lowest BCUT2D eigenvalue weighted by molar-refractivity contribution is 0.0728. The molecule has 32 heavy (non-hydrogen) atoms. The van der Waals surface area contributed by atoms with Crippen molar-refractivity contribution < 1.29 is 18.7 Å². The molecule has 0 radical (unpaired) electrons. The lowest BCUT2D eigenvalue weighted by Crippen LogP contribution is -2.41. The van der Waals surface area contributed by atoms with E-state index in [1.165, 1.54) is 12.7 Å². The zero-order valence-corrected chi connectivity index (χ0v) is 19.2. The monoisotopic (exact) mass is 443 g/mol. The summed E-state index contributed by atoms with van der Waals surface area (Å²) < 4.78 is 12.4. The Kier molecular flexibility index (Phi) is 6.95. The van der Waals surface area contributed by atoms with Crippen molar-refractivity contribution in [2.45, 2.75) is 52.2 Å². The van der Waals surface area contributed by atoms with Gasteiger partial charge in [-0.25, -0.2) is 0 Å². The van der Waals surface area contributed by atoms with Crippen LogP contribution in [0.25, 0.3) is 0 Å². The number of furan rings is 1. The van der Waals surface area contributed by atoms with Gasteiger partial charge in [-0.1, -0.05) is 6.92 Å². The maximum absolute atomic E-state index is 13.2. The zero-order chi connectivity index (χ0) is 22.7. The van der Waals surface area contributed by atoms with Crippen LogP contribution in [0.4, 0.5) is 0 Å². The first kappa shape index (κ1) is 22.5. The number of aryl methyl sites for hydroxylation is 1. The number of nitrogens with one attached hydrogen (secondary N) is 1. The number of amides is 2. The Bertz CT molecular complexity index is 966. The first-order valence-corrected chi connectivity index (χ1v) is 11.5. The average Bonchev–Trinajstić information content (AvgIpc) is 3.53. The molecule has 1 atom stereocenters. The van der Waals surface area contributed by atoms with Crippen LogP contribution in [0, 0.1) is 6.92 Å². The molecule has 9 heteroatoms. The molecule has 2 aromatic heterocycles. The second kappa shape index (κ2) is 9.87. The van der Waals surface area contributed by atoms with E-state index in [0.717, 1.165) is 30.8 Å². The van der Waals surface area contributed by atoms with Gasteiger partial charge in [0.05, 0.1) is 31.5 Å². The first-order chi connectivity index (χ1) is 15.5. The summed E-state index contributed by atoms with van der Waals surface area (Å²) in [6, 6.07) is 2.07. The largest absolute Gasteiger partial charge is 0.469 e. The molecule has 174 valence electrons. The summed E-state index contributed by atoms with van der Waals surface area (Å²) in [5.41, 5.74) is 2.82. The van der Waals surface area contributed by atoms with Crippen molar-refractivity contribution in [3.63, 3.8) is 0 Å². The van der Waals surface area contributed by atoms with Crippen LogP contribution in [0.3, 0.4) is 0 Å². The smallest absolute Gasteiger partial charge is 0.272 e. The van der Waals surface area contributed by atoms with Gasteiger partial charge in [-0.2, -0.15) is 5.10 Å². The van der Waals surface area contributed by atoms with Crippen molar-refractivity contribution >= 4 is 11.8 Å². The molecule has 1 unspecified atom stereocenters. The van der Waals surface area contributed by atoms with Crippen LogP contribution in [0.1, 0.15) is 57.6 Å². The second-order valence-corrected chi connectivity index (χ2v) is 8.49. The van der Waals surface area contributed by atoms with Gasteiger partial charge in [-0.15, -0.1) is 0 Å². The predicted molar refractivity (Wildman–Crippen MR) is 119 cm³/mol. The van der Waals surface area contributed by atoms with Gasteiger partial charge in [-0.05, 0) is 38.9 Å². The molecular weight excluding hydrogens is 410 g/mol. The highest BCUT2D eigenvalue weighted by atomic mass is 16.5. The van der Waals surface area contributed by atoms with Gasteiger partial charge in [0, 0.05) is 43.9 Å². The first-order valence-electron chi connectivity index (χ1n) is 11.5. The topological polar surface area (TPSA) is 92.8 Å². The molecule has 0 aromatic carbocycles. The van der Waals surface area contributed by atoms with Crippen LogP contribution in [0.15, 0.2) is 16.7 Å². The fourth-order valence-corrected chi connectivity index (χ4v) is 4.82. The average molecular weight is 444 g/mol. The normalized spacial score (nSPS) is 18.7. The fraction of sp³-hybridized carbons (Fsp3) is 0.609. The molecule has 4 heterocycles. The van der Waals surface area contributed by atoms with E-state index in [4.69, 9.17) is 9.15 Å². The minimum Gasteiger partial charge on any atom is -0.469 e. The van der Waals surface area contributed by atoms with Gasteiger partial charge < -0.3 is 19.4 Å². The molecule has 2 aliphatic heterocycles. The highest BCUT2D eigenvalue weighted by molar-refractivity contribution is 5.96. The van der Waals surface area contributed by atoms with Gasteiger partial charge in [0.1, 0.15) is 5.76 Å². The molecule has 1 N–H and O–H groups in total. The molecule has 0 spiro atoms. The number of likely N-dealkylation sites (N-methyl/N-ethyl adjacent to an activating group) is 1. The zero-order valence-electron chi connectivity index (χ0n) is 19.2. The number of likely N-dealkylation sites (tertiary alicyclic amines) is 1. The minimum atomic E-state index is -0.172. The van der Waals surface area contributed by atoms with Crippen molar-refractivity contribution in [2.24, 2.45) is 0 Å². The maximum Gasteiger partial charge on any atom is 0.272 e. The van der Waals surface area contributed by atoms with E-state index in [0.29, 0.717) is 62.3 Å². The molecule has 4 rings (SSSR count). The molecular formula is C23H33N5O4. The number of aromatic nitrogens is 2. The van der Waals surface area contributed by atoms with Gasteiger partial charge >= 0.3 is 0 Å². The van der Waals surface area contributed by atoms with Crippen molar-refractivity contribution in [2.75, 3.05) is 39.9 Å². The molecule has 1 saturated heterocycles. The number of nitrogens with zero attached hydrogens (tertiary/aromatic N) is 4. The SMILES string of the molecule is CCN1CCCC1CNC(=O)c1nn(CCOC)c2c1CN(C(=O)c1ccoc1C)CC2. The third kappa shape index (κ3) is 4.45. The van der Waals surface area contributed by atoms with Crippen LogP contribution >= 0.6 is 0 Å². The van der Waals surface area contributed by atoms with Crippen molar-refractivity contribution in [1.29, 1.82) is 0 Å². The molecule has 1 fully saturated rings. The summed E-state index contributed by atoms with van der Waals surface area (Å²) in [5, 5.41) is 7.74. The highest BCUT2D eigenvalue weighted by Crippen LogP contribution is 2.25. The Labute approximate surface area is 188 Å². The van der Waals surface area contributed by atoms with Crippen molar-refractivity contribution in [1.82, 2.24) is 24.9 Å². The quantitative estimate of drug-likeness (QED) is 0.669. The molecule has 0 bridgehead atoms. The third-order valence-corrected chi connectivity index (χ3v) is 6.64. The van der Waals surface area contributed by atoms with Crippen LogP contribution in [0.2, 0.25) is 0 Å². The number of hydrogen-bond donors (Lipinski definition) is 1. The molecule has 9 nitrogen and oxygen atoms in total. The summed E-state index contributed by atoms with van der Waals surface area (Å²) in [6.45, 7) is 8.65. The van der Waals surface area contributed by atoms with Crippen LogP contribution in [-0.4, -0.2) is 77.3 Å². The summed E-state index contributed by atoms with van der Waals surface area (Å²) in [4.78, 5) is 30.4. The minimum absolute atomic E-state index is 0.0811. The Hall–Kier alpha value is -2.65.